The van der Waals surface area contributed by atoms with E-state index in [4.69, 9.17) is 0 Å². The van der Waals surface area contributed by atoms with Crippen molar-refractivity contribution in [1.29, 1.82) is 0 Å². The molecular weight excluding hydrogens is 212 g/mol. The van der Waals surface area contributed by atoms with E-state index in [-0.39, 0.29) is 0 Å². The number of rotatable bonds is 0. The summed E-state index contributed by atoms with van der Waals surface area (Å²) in [4.78, 5) is 0. The third kappa shape index (κ3) is 1.25. The van der Waals surface area contributed by atoms with Gasteiger partial charge in [-0.05, 0) is 29.3 Å². The van der Waals surface area contributed by atoms with Crippen LogP contribution in [0.3, 0.4) is 0 Å². The van der Waals surface area contributed by atoms with E-state index >= 15 is 0 Å². The zero-order valence-corrected chi connectivity index (χ0v) is 8.43. The van der Waals surface area contributed by atoms with Gasteiger partial charge in [0.25, 0.3) is 0 Å². The van der Waals surface area contributed by atoms with Gasteiger partial charge in [-0.3, -0.25) is 0 Å². The predicted molar refractivity (Wildman–Crippen MR) is 56.4 cm³/mol. The molecule has 0 fully saturated rings. The Balaban J connectivity index is 2.89. The normalized spacial score (nSPS) is 10.5. The number of halogens is 1. The van der Waals surface area contributed by atoms with Crippen molar-refractivity contribution in [3.8, 4) is 0 Å². The van der Waals surface area contributed by atoms with Crippen LogP contribution in [0, 0.1) is 6.92 Å². The molecule has 0 radical (unpaired) electrons. The number of aryl methyl sites for hydroxylation is 1. The second-order valence-electron chi connectivity index (χ2n) is 2.97. The quantitative estimate of drug-likeness (QED) is 0.632. The third-order valence-corrected chi connectivity index (χ3v) is 2.61. The molecule has 0 atom stereocenters. The Morgan fingerprint density at radius 2 is 1.83 bits per heavy atom. The maximum atomic E-state index is 3.55. The summed E-state index contributed by atoms with van der Waals surface area (Å²) < 4.78 is 1.18. The first-order valence-electron chi connectivity index (χ1n) is 3.92. The van der Waals surface area contributed by atoms with Crippen molar-refractivity contribution in [2.45, 2.75) is 6.92 Å². The molecule has 0 bridgehead atoms. The summed E-state index contributed by atoms with van der Waals surface area (Å²) in [5.74, 6) is 0. The summed E-state index contributed by atoms with van der Waals surface area (Å²) >= 11 is 3.55. The van der Waals surface area contributed by atoms with Gasteiger partial charge in [-0.1, -0.05) is 46.3 Å². The van der Waals surface area contributed by atoms with Crippen LogP contribution in [0.15, 0.2) is 40.9 Å². The summed E-state index contributed by atoms with van der Waals surface area (Å²) in [5.41, 5.74) is 1.29. The Morgan fingerprint density at radius 3 is 2.67 bits per heavy atom. The average Bonchev–Trinajstić information content (AvgIpc) is 2.04. The molecule has 1 heteroatoms. The van der Waals surface area contributed by atoms with Crippen molar-refractivity contribution < 1.29 is 0 Å². The highest BCUT2D eigenvalue weighted by molar-refractivity contribution is 9.10. The van der Waals surface area contributed by atoms with E-state index in [1.54, 1.807) is 0 Å². The predicted octanol–water partition coefficient (Wildman–Crippen LogP) is 3.91. The molecule has 0 aliphatic rings. The molecule has 0 aliphatic heterocycles. The first-order valence-corrected chi connectivity index (χ1v) is 4.71. The summed E-state index contributed by atoms with van der Waals surface area (Å²) in [7, 11) is 0. The van der Waals surface area contributed by atoms with Gasteiger partial charge >= 0.3 is 0 Å². The molecule has 2 rings (SSSR count). The second-order valence-corrected chi connectivity index (χ2v) is 3.82. The molecule has 0 spiro atoms. The van der Waals surface area contributed by atoms with Gasteiger partial charge in [0.05, 0.1) is 0 Å². The fourth-order valence-electron chi connectivity index (χ4n) is 1.40. The highest BCUT2D eigenvalue weighted by atomic mass is 79.9. The van der Waals surface area contributed by atoms with Gasteiger partial charge in [0.1, 0.15) is 0 Å². The van der Waals surface area contributed by atoms with E-state index in [1.165, 1.54) is 20.8 Å². The van der Waals surface area contributed by atoms with Gasteiger partial charge in [0, 0.05) is 4.47 Å². The summed E-state index contributed by atoms with van der Waals surface area (Å²) in [6.07, 6.45) is 0. The molecule has 0 saturated carbocycles. The van der Waals surface area contributed by atoms with Gasteiger partial charge in [0.15, 0.2) is 0 Å². The van der Waals surface area contributed by atoms with E-state index in [9.17, 15) is 0 Å². The number of hydrogen-bond donors (Lipinski definition) is 0. The Labute approximate surface area is 80.3 Å². The fraction of sp³-hybridized carbons (Fsp3) is 0.0909. The van der Waals surface area contributed by atoms with Crippen molar-refractivity contribution in [2.75, 3.05) is 0 Å². The maximum absolute atomic E-state index is 3.55. The van der Waals surface area contributed by atoms with Gasteiger partial charge in [-0.25, -0.2) is 0 Å². The Hall–Kier alpha value is -0.820. The Kier molecular flexibility index (Phi) is 1.89. The molecule has 2 aromatic carbocycles. The fourth-order valence-corrected chi connectivity index (χ4v) is 2.13. The van der Waals surface area contributed by atoms with E-state index in [2.05, 4.69) is 59.3 Å². The summed E-state index contributed by atoms with van der Waals surface area (Å²) in [6, 6.07) is 12.7. The lowest BCUT2D eigenvalue weighted by Crippen LogP contribution is -1.76. The summed E-state index contributed by atoms with van der Waals surface area (Å²) in [6.45, 7) is 2.11. The van der Waals surface area contributed by atoms with E-state index in [0.717, 1.165) is 0 Å². The van der Waals surface area contributed by atoms with Crippen LogP contribution in [0.25, 0.3) is 10.8 Å². The highest BCUT2D eigenvalue weighted by Crippen LogP contribution is 2.24. The van der Waals surface area contributed by atoms with Gasteiger partial charge < -0.3 is 0 Å². The molecule has 0 aliphatic carbocycles. The third-order valence-electron chi connectivity index (χ3n) is 1.96. The molecule has 0 saturated heterocycles. The van der Waals surface area contributed by atoms with Crippen LogP contribution in [0.5, 0.6) is 0 Å². The average molecular weight is 221 g/mol. The molecule has 0 heterocycles. The molecule has 0 nitrogen and oxygen atoms in total. The SMILES string of the molecule is Cc1cc(Br)c2ccccc2c1. The Bertz CT molecular complexity index is 418. The molecule has 0 aromatic heterocycles. The minimum Gasteiger partial charge on any atom is -0.0616 e. The van der Waals surface area contributed by atoms with E-state index in [1.807, 2.05) is 0 Å². The van der Waals surface area contributed by atoms with Crippen molar-refractivity contribution >= 4 is 26.7 Å². The first kappa shape index (κ1) is 7.81. The molecule has 0 N–H and O–H groups in total. The smallest absolute Gasteiger partial charge is 0.0256 e. The molecule has 2 aromatic rings. The van der Waals surface area contributed by atoms with Crippen molar-refractivity contribution in [2.24, 2.45) is 0 Å². The first-order chi connectivity index (χ1) is 5.77. The maximum Gasteiger partial charge on any atom is 0.0256 e. The lowest BCUT2D eigenvalue weighted by Gasteiger charge is -2.01. The number of benzene rings is 2. The molecular formula is C11H9Br. The minimum atomic E-state index is 1.18. The van der Waals surface area contributed by atoms with Crippen LogP contribution in [0.1, 0.15) is 5.56 Å². The number of hydrogen-bond acceptors (Lipinski definition) is 0. The molecule has 60 valence electrons. The van der Waals surface area contributed by atoms with Crippen LogP contribution in [-0.4, -0.2) is 0 Å². The van der Waals surface area contributed by atoms with Gasteiger partial charge in [-0.15, -0.1) is 0 Å². The lowest BCUT2D eigenvalue weighted by molar-refractivity contribution is 1.49. The van der Waals surface area contributed by atoms with Crippen molar-refractivity contribution in [3.05, 3.63) is 46.4 Å². The van der Waals surface area contributed by atoms with Crippen LogP contribution >= 0.6 is 15.9 Å². The molecule has 0 amide bonds. The van der Waals surface area contributed by atoms with Crippen molar-refractivity contribution in [3.63, 3.8) is 0 Å². The number of fused-ring (bicyclic) bond motifs is 1. The lowest BCUT2D eigenvalue weighted by atomic mass is 10.1. The van der Waals surface area contributed by atoms with Crippen LogP contribution in [-0.2, 0) is 0 Å². The highest BCUT2D eigenvalue weighted by Gasteiger charge is 1.97. The topological polar surface area (TPSA) is 0 Å². The van der Waals surface area contributed by atoms with Crippen LogP contribution in [0.4, 0.5) is 0 Å². The largest absolute Gasteiger partial charge is 0.0616 e. The Morgan fingerprint density at radius 1 is 1.08 bits per heavy atom. The van der Waals surface area contributed by atoms with Gasteiger partial charge in [0.2, 0.25) is 0 Å². The van der Waals surface area contributed by atoms with E-state index in [0.29, 0.717) is 0 Å². The van der Waals surface area contributed by atoms with E-state index < -0.39 is 0 Å². The molecule has 12 heavy (non-hydrogen) atoms. The van der Waals surface area contributed by atoms with Crippen LogP contribution in [0.2, 0.25) is 0 Å². The van der Waals surface area contributed by atoms with Crippen molar-refractivity contribution in [1.82, 2.24) is 0 Å². The van der Waals surface area contributed by atoms with Gasteiger partial charge in [-0.2, -0.15) is 0 Å². The zero-order valence-electron chi connectivity index (χ0n) is 6.84. The minimum absolute atomic E-state index is 1.18. The van der Waals surface area contributed by atoms with Crippen LogP contribution < -0.4 is 0 Å². The zero-order chi connectivity index (χ0) is 8.55. The summed E-state index contributed by atoms with van der Waals surface area (Å²) in [5, 5.41) is 2.58. The second kappa shape index (κ2) is 2.91. The standard InChI is InChI=1S/C11H9Br/c1-8-6-9-4-2-3-5-10(9)11(12)7-8/h2-7H,1H3. The monoisotopic (exact) mass is 220 g/mol. The molecule has 0 unspecified atom stereocenters.